The van der Waals surface area contributed by atoms with E-state index >= 15 is 0 Å². The summed E-state index contributed by atoms with van der Waals surface area (Å²) in [6, 6.07) is 4.41. The highest BCUT2D eigenvalue weighted by Crippen LogP contribution is 2.40. The molecule has 0 saturated heterocycles. The maximum atomic E-state index is 5.21. The highest BCUT2D eigenvalue weighted by Gasteiger charge is 2.18. The Morgan fingerprint density at radius 1 is 1.07 bits per heavy atom. The second-order valence-corrected chi connectivity index (χ2v) is 6.49. The van der Waals surface area contributed by atoms with Crippen molar-refractivity contribution in [1.82, 2.24) is 0 Å². The molecule has 0 aliphatic rings. The predicted octanol–water partition coefficient (Wildman–Crippen LogP) is 4.27. The predicted molar refractivity (Wildman–Crippen MR) is 65.0 cm³/mol. The van der Waals surface area contributed by atoms with Gasteiger partial charge in [-0.2, -0.15) is 0 Å². The fourth-order valence-electron chi connectivity index (χ4n) is 1.28. The van der Waals surface area contributed by atoms with E-state index in [4.69, 9.17) is 4.74 Å². The molecule has 1 nitrogen and oxygen atoms in total. The van der Waals surface area contributed by atoms with Gasteiger partial charge in [-0.25, -0.2) is 0 Å². The van der Waals surface area contributed by atoms with Crippen molar-refractivity contribution in [3.05, 3.63) is 17.0 Å². The Hall–Kier alpha value is -0.540. The van der Waals surface area contributed by atoms with E-state index < -0.39 is 0 Å². The molecule has 0 N–H and O–H groups in total. The molecule has 0 saturated carbocycles. The van der Waals surface area contributed by atoms with Crippen molar-refractivity contribution in [2.24, 2.45) is 0 Å². The van der Waals surface area contributed by atoms with Crippen LogP contribution in [0.4, 0.5) is 0 Å². The van der Waals surface area contributed by atoms with E-state index in [2.05, 4.69) is 32.9 Å². The minimum atomic E-state index is 0.261. The van der Waals surface area contributed by atoms with Gasteiger partial charge < -0.3 is 4.74 Å². The zero-order valence-corrected chi connectivity index (χ0v) is 10.5. The van der Waals surface area contributed by atoms with Crippen LogP contribution >= 0.6 is 22.7 Å². The molecular formula is C11H14OS2. The summed E-state index contributed by atoms with van der Waals surface area (Å²) in [5.74, 6) is 0. The van der Waals surface area contributed by atoms with Crippen LogP contribution in [0.5, 0.6) is 5.06 Å². The van der Waals surface area contributed by atoms with Gasteiger partial charge in [0.05, 0.1) is 7.11 Å². The van der Waals surface area contributed by atoms with Gasteiger partial charge in [0.1, 0.15) is 0 Å². The van der Waals surface area contributed by atoms with E-state index in [1.165, 1.54) is 14.3 Å². The molecule has 0 radical (unpaired) electrons. The minimum Gasteiger partial charge on any atom is -0.487 e. The lowest BCUT2D eigenvalue weighted by Gasteiger charge is -2.14. The molecular weight excluding hydrogens is 212 g/mol. The smallest absolute Gasteiger partial charge is 0.175 e. The monoisotopic (exact) mass is 226 g/mol. The maximum absolute atomic E-state index is 5.21. The summed E-state index contributed by atoms with van der Waals surface area (Å²) >= 11 is 3.59. The summed E-state index contributed by atoms with van der Waals surface area (Å²) in [6.07, 6.45) is 0. The van der Waals surface area contributed by atoms with Crippen molar-refractivity contribution in [2.75, 3.05) is 7.11 Å². The van der Waals surface area contributed by atoms with Gasteiger partial charge in [0.15, 0.2) is 5.06 Å². The van der Waals surface area contributed by atoms with Gasteiger partial charge in [-0.15, -0.1) is 11.3 Å². The summed E-state index contributed by atoms with van der Waals surface area (Å²) in [6.45, 7) is 6.75. The quantitative estimate of drug-likeness (QED) is 0.705. The second kappa shape index (κ2) is 3.24. The van der Waals surface area contributed by atoms with E-state index in [0.717, 1.165) is 5.06 Å². The molecule has 3 heteroatoms. The normalized spacial score (nSPS) is 12.3. The number of hydrogen-bond donors (Lipinski definition) is 0. The Kier molecular flexibility index (Phi) is 2.32. The van der Waals surface area contributed by atoms with Gasteiger partial charge in [-0.05, 0) is 11.5 Å². The summed E-state index contributed by atoms with van der Waals surface area (Å²) in [5.41, 5.74) is 0.261. The topological polar surface area (TPSA) is 9.23 Å². The first kappa shape index (κ1) is 9.99. The molecule has 0 aliphatic carbocycles. The van der Waals surface area contributed by atoms with E-state index in [-0.39, 0.29) is 5.41 Å². The van der Waals surface area contributed by atoms with Crippen LogP contribution in [0, 0.1) is 0 Å². The average Bonchev–Trinajstić information content (AvgIpc) is 2.56. The standard InChI is InChI=1S/C11H14OS2/c1-11(2,3)9-5-7-8(13-9)6-10(12-4)14-7/h5-6H,1-4H3. The first-order valence-corrected chi connectivity index (χ1v) is 6.22. The van der Waals surface area contributed by atoms with Crippen LogP contribution in [0.15, 0.2) is 12.1 Å². The fourth-order valence-corrected chi connectivity index (χ4v) is 3.54. The Morgan fingerprint density at radius 2 is 1.71 bits per heavy atom. The zero-order valence-electron chi connectivity index (χ0n) is 8.88. The molecule has 2 rings (SSSR count). The molecule has 0 aliphatic heterocycles. The lowest BCUT2D eigenvalue weighted by molar-refractivity contribution is 0.427. The largest absolute Gasteiger partial charge is 0.487 e. The van der Waals surface area contributed by atoms with Crippen molar-refractivity contribution in [3.8, 4) is 5.06 Å². The SMILES string of the molecule is COc1cc2sc(C(C)(C)C)cc2s1. The highest BCUT2D eigenvalue weighted by molar-refractivity contribution is 7.28. The molecule has 0 unspecified atom stereocenters. The first-order chi connectivity index (χ1) is 6.50. The van der Waals surface area contributed by atoms with Gasteiger partial charge >= 0.3 is 0 Å². The highest BCUT2D eigenvalue weighted by atomic mass is 32.1. The van der Waals surface area contributed by atoms with Crippen molar-refractivity contribution in [3.63, 3.8) is 0 Å². The molecule has 0 atom stereocenters. The van der Waals surface area contributed by atoms with Gasteiger partial charge in [-0.1, -0.05) is 32.1 Å². The van der Waals surface area contributed by atoms with Crippen LogP contribution in [-0.4, -0.2) is 7.11 Å². The third kappa shape index (κ3) is 1.66. The van der Waals surface area contributed by atoms with E-state index in [1.54, 1.807) is 18.4 Å². The molecule has 2 aromatic rings. The Morgan fingerprint density at radius 3 is 2.21 bits per heavy atom. The van der Waals surface area contributed by atoms with Crippen LogP contribution in [0.1, 0.15) is 25.6 Å². The molecule has 14 heavy (non-hydrogen) atoms. The first-order valence-electron chi connectivity index (χ1n) is 4.58. The van der Waals surface area contributed by atoms with E-state index in [0.29, 0.717) is 0 Å². The minimum absolute atomic E-state index is 0.261. The fraction of sp³-hybridized carbons (Fsp3) is 0.455. The second-order valence-electron chi connectivity index (χ2n) is 4.36. The van der Waals surface area contributed by atoms with Gasteiger partial charge in [0.2, 0.25) is 0 Å². The van der Waals surface area contributed by atoms with Crippen LogP contribution in [0.3, 0.4) is 0 Å². The van der Waals surface area contributed by atoms with E-state index in [9.17, 15) is 0 Å². The molecule has 2 aromatic heterocycles. The molecule has 0 amide bonds. The summed E-state index contributed by atoms with van der Waals surface area (Å²) in [7, 11) is 1.72. The van der Waals surface area contributed by atoms with Crippen LogP contribution in [-0.2, 0) is 5.41 Å². The summed E-state index contributed by atoms with van der Waals surface area (Å²) in [4.78, 5) is 1.45. The number of methoxy groups -OCH3 is 1. The van der Waals surface area contributed by atoms with Crippen molar-refractivity contribution >= 4 is 32.1 Å². The van der Waals surface area contributed by atoms with Gasteiger partial charge in [0.25, 0.3) is 0 Å². The summed E-state index contributed by atoms with van der Waals surface area (Å²) < 4.78 is 7.90. The number of hydrogen-bond acceptors (Lipinski definition) is 3. The number of rotatable bonds is 1. The van der Waals surface area contributed by atoms with Crippen molar-refractivity contribution < 1.29 is 4.74 Å². The number of ether oxygens (including phenoxy) is 1. The van der Waals surface area contributed by atoms with Crippen molar-refractivity contribution in [1.29, 1.82) is 0 Å². The van der Waals surface area contributed by atoms with Gasteiger partial charge in [-0.3, -0.25) is 0 Å². The molecule has 76 valence electrons. The molecule has 0 spiro atoms. The zero-order chi connectivity index (χ0) is 10.3. The third-order valence-corrected chi connectivity index (χ3v) is 4.81. The van der Waals surface area contributed by atoms with Crippen LogP contribution in [0.2, 0.25) is 0 Å². The molecule has 0 bridgehead atoms. The average molecular weight is 226 g/mol. The van der Waals surface area contributed by atoms with Gasteiger partial charge in [0, 0.05) is 20.3 Å². The summed E-state index contributed by atoms with van der Waals surface area (Å²) in [5, 5.41) is 1.01. The van der Waals surface area contributed by atoms with Crippen LogP contribution in [0.25, 0.3) is 9.40 Å². The van der Waals surface area contributed by atoms with Crippen molar-refractivity contribution in [2.45, 2.75) is 26.2 Å². The Labute approximate surface area is 92.3 Å². The van der Waals surface area contributed by atoms with E-state index in [1.807, 2.05) is 11.3 Å². The van der Waals surface area contributed by atoms with Crippen LogP contribution < -0.4 is 4.74 Å². The maximum Gasteiger partial charge on any atom is 0.175 e. The Balaban J connectivity index is 2.49. The lowest BCUT2D eigenvalue weighted by atomic mass is 9.95. The third-order valence-electron chi connectivity index (χ3n) is 2.12. The Bertz CT molecular complexity index is 414. The molecule has 0 fully saturated rings. The lowest BCUT2D eigenvalue weighted by Crippen LogP contribution is -2.07. The number of thiophene rings is 2. The molecule has 0 aromatic carbocycles. The number of fused-ring (bicyclic) bond motifs is 1. The molecule has 2 heterocycles.